The van der Waals surface area contributed by atoms with Crippen LogP contribution in [-0.4, -0.2) is 31.8 Å². The van der Waals surface area contributed by atoms with Crippen molar-refractivity contribution in [1.82, 2.24) is 0 Å². The number of para-hydroxylation sites is 1. The lowest BCUT2D eigenvalue weighted by Crippen LogP contribution is -2.43. The summed E-state index contributed by atoms with van der Waals surface area (Å²) in [5, 5.41) is 3.60. The summed E-state index contributed by atoms with van der Waals surface area (Å²) in [5.74, 6) is 0. The number of anilines is 2. The van der Waals surface area contributed by atoms with Crippen LogP contribution in [0.15, 0.2) is 18.2 Å². The molecule has 2 saturated heterocycles. The van der Waals surface area contributed by atoms with Gasteiger partial charge in [-0.2, -0.15) is 0 Å². The molecule has 18 heavy (non-hydrogen) atoms. The Hall–Kier alpha value is -1.22. The monoisotopic (exact) mass is 244 g/mol. The minimum absolute atomic E-state index is 0.461. The van der Waals surface area contributed by atoms with E-state index >= 15 is 0 Å². The number of morpholine rings is 1. The SMILES string of the molecule is c1cc2c(c(N3CC4CCC(C3)O4)c1)NCCC2. The van der Waals surface area contributed by atoms with Gasteiger partial charge in [0.25, 0.3) is 0 Å². The van der Waals surface area contributed by atoms with Crippen molar-refractivity contribution >= 4 is 11.4 Å². The highest BCUT2D eigenvalue weighted by Gasteiger charge is 2.34. The molecule has 4 rings (SSSR count). The molecule has 3 heteroatoms. The van der Waals surface area contributed by atoms with Gasteiger partial charge in [0, 0.05) is 19.6 Å². The van der Waals surface area contributed by atoms with E-state index in [1.807, 2.05) is 0 Å². The average Bonchev–Trinajstić information content (AvgIpc) is 2.77. The second-order valence-electron chi connectivity index (χ2n) is 5.70. The summed E-state index contributed by atoms with van der Waals surface area (Å²) in [6.07, 6.45) is 5.87. The molecule has 3 heterocycles. The largest absolute Gasteiger partial charge is 0.383 e. The molecule has 2 bridgehead atoms. The van der Waals surface area contributed by atoms with Crippen LogP contribution in [0.4, 0.5) is 11.4 Å². The Bertz CT molecular complexity index is 448. The van der Waals surface area contributed by atoms with Crippen molar-refractivity contribution < 1.29 is 4.74 Å². The number of hydrogen-bond donors (Lipinski definition) is 1. The molecule has 0 aromatic heterocycles. The first-order valence-electron chi connectivity index (χ1n) is 7.16. The van der Waals surface area contributed by atoms with Crippen molar-refractivity contribution in [3.63, 3.8) is 0 Å². The molecule has 3 nitrogen and oxygen atoms in total. The molecule has 1 aromatic rings. The number of hydrogen-bond acceptors (Lipinski definition) is 3. The van der Waals surface area contributed by atoms with Crippen molar-refractivity contribution in [1.29, 1.82) is 0 Å². The van der Waals surface area contributed by atoms with Crippen LogP contribution in [0.25, 0.3) is 0 Å². The minimum atomic E-state index is 0.461. The lowest BCUT2D eigenvalue weighted by molar-refractivity contribution is 0.0305. The molecule has 2 atom stereocenters. The van der Waals surface area contributed by atoms with Crippen molar-refractivity contribution in [3.05, 3.63) is 23.8 Å². The van der Waals surface area contributed by atoms with Gasteiger partial charge in [-0.25, -0.2) is 0 Å². The molecule has 96 valence electrons. The van der Waals surface area contributed by atoms with E-state index in [9.17, 15) is 0 Å². The Morgan fingerprint density at radius 1 is 1.17 bits per heavy atom. The normalized spacial score (nSPS) is 29.9. The zero-order valence-corrected chi connectivity index (χ0v) is 10.7. The summed E-state index contributed by atoms with van der Waals surface area (Å²) in [5.41, 5.74) is 4.26. The fraction of sp³-hybridized carbons (Fsp3) is 0.600. The Balaban J connectivity index is 1.68. The number of nitrogens with zero attached hydrogens (tertiary/aromatic N) is 1. The quantitative estimate of drug-likeness (QED) is 0.821. The Labute approximate surface area is 108 Å². The zero-order chi connectivity index (χ0) is 11.9. The molecule has 0 radical (unpaired) electrons. The molecule has 2 fully saturated rings. The second-order valence-corrected chi connectivity index (χ2v) is 5.70. The summed E-state index contributed by atoms with van der Waals surface area (Å²) in [6.45, 7) is 3.24. The van der Waals surface area contributed by atoms with Gasteiger partial charge in [-0.1, -0.05) is 12.1 Å². The number of aryl methyl sites for hydroxylation is 1. The molecular formula is C15H20N2O. The first-order chi connectivity index (χ1) is 8.90. The maximum atomic E-state index is 5.93. The fourth-order valence-corrected chi connectivity index (χ4v) is 3.57. The summed E-state index contributed by atoms with van der Waals surface area (Å²) >= 11 is 0. The van der Waals surface area contributed by atoms with Gasteiger partial charge in [-0.15, -0.1) is 0 Å². The van der Waals surface area contributed by atoms with Crippen LogP contribution < -0.4 is 10.2 Å². The van der Waals surface area contributed by atoms with Crippen LogP contribution in [0.1, 0.15) is 24.8 Å². The summed E-state index contributed by atoms with van der Waals surface area (Å²) in [6, 6.07) is 6.74. The summed E-state index contributed by atoms with van der Waals surface area (Å²) < 4.78 is 5.93. The molecule has 0 spiro atoms. The molecule has 2 unspecified atom stereocenters. The van der Waals surface area contributed by atoms with E-state index in [0.717, 1.165) is 19.6 Å². The van der Waals surface area contributed by atoms with Gasteiger partial charge in [-0.3, -0.25) is 0 Å². The van der Waals surface area contributed by atoms with Crippen LogP contribution in [0.5, 0.6) is 0 Å². The van der Waals surface area contributed by atoms with Crippen LogP contribution in [0.2, 0.25) is 0 Å². The smallest absolute Gasteiger partial charge is 0.0755 e. The van der Waals surface area contributed by atoms with Gasteiger partial charge < -0.3 is 15.0 Å². The van der Waals surface area contributed by atoms with Crippen molar-refractivity contribution in [2.75, 3.05) is 29.9 Å². The predicted molar refractivity (Wildman–Crippen MR) is 73.4 cm³/mol. The van der Waals surface area contributed by atoms with Crippen molar-refractivity contribution in [3.8, 4) is 0 Å². The molecule has 1 aromatic carbocycles. The molecular weight excluding hydrogens is 224 g/mol. The topological polar surface area (TPSA) is 24.5 Å². The molecule has 0 saturated carbocycles. The standard InChI is InChI=1S/C15H20N2O/c1-3-11-4-2-8-16-15(11)14(5-1)17-9-12-6-7-13(10-17)18-12/h1,3,5,12-13,16H,2,4,6-10H2. The highest BCUT2D eigenvalue weighted by atomic mass is 16.5. The van der Waals surface area contributed by atoms with E-state index in [4.69, 9.17) is 4.74 Å². The number of rotatable bonds is 1. The van der Waals surface area contributed by atoms with Gasteiger partial charge >= 0.3 is 0 Å². The van der Waals surface area contributed by atoms with E-state index in [0.29, 0.717) is 12.2 Å². The van der Waals surface area contributed by atoms with E-state index in [2.05, 4.69) is 28.4 Å². The van der Waals surface area contributed by atoms with Crippen LogP contribution in [-0.2, 0) is 11.2 Å². The van der Waals surface area contributed by atoms with Gasteiger partial charge in [0.2, 0.25) is 0 Å². The molecule has 0 aliphatic carbocycles. The maximum absolute atomic E-state index is 5.93. The third-order valence-corrected chi connectivity index (χ3v) is 4.44. The number of fused-ring (bicyclic) bond motifs is 3. The van der Waals surface area contributed by atoms with Gasteiger partial charge in [0.15, 0.2) is 0 Å². The predicted octanol–water partition coefficient (Wildman–Crippen LogP) is 2.41. The average molecular weight is 244 g/mol. The molecule has 0 amide bonds. The van der Waals surface area contributed by atoms with Gasteiger partial charge in [-0.05, 0) is 37.3 Å². The highest BCUT2D eigenvalue weighted by molar-refractivity contribution is 5.74. The fourth-order valence-electron chi connectivity index (χ4n) is 3.57. The molecule has 3 aliphatic rings. The number of ether oxygens (including phenoxy) is 1. The zero-order valence-electron chi connectivity index (χ0n) is 10.7. The molecule has 3 aliphatic heterocycles. The van der Waals surface area contributed by atoms with Crippen LogP contribution in [0, 0.1) is 0 Å². The Kier molecular flexibility index (Phi) is 2.47. The van der Waals surface area contributed by atoms with Gasteiger partial charge in [0.05, 0.1) is 23.6 Å². The Morgan fingerprint density at radius 3 is 2.83 bits per heavy atom. The number of benzene rings is 1. The second kappa shape index (κ2) is 4.16. The van der Waals surface area contributed by atoms with Crippen molar-refractivity contribution in [2.45, 2.75) is 37.9 Å². The highest BCUT2D eigenvalue weighted by Crippen LogP contribution is 2.36. The van der Waals surface area contributed by atoms with E-state index in [1.165, 1.54) is 42.6 Å². The first-order valence-corrected chi connectivity index (χ1v) is 7.16. The first kappa shape index (κ1) is 10.7. The lowest BCUT2D eigenvalue weighted by Gasteiger charge is -2.36. The minimum Gasteiger partial charge on any atom is -0.383 e. The van der Waals surface area contributed by atoms with Crippen LogP contribution >= 0.6 is 0 Å². The van der Waals surface area contributed by atoms with Gasteiger partial charge in [0.1, 0.15) is 0 Å². The van der Waals surface area contributed by atoms with E-state index in [1.54, 1.807) is 0 Å². The van der Waals surface area contributed by atoms with E-state index < -0.39 is 0 Å². The lowest BCUT2D eigenvalue weighted by atomic mass is 10.0. The third-order valence-electron chi connectivity index (χ3n) is 4.44. The Morgan fingerprint density at radius 2 is 2.00 bits per heavy atom. The summed E-state index contributed by atoms with van der Waals surface area (Å²) in [7, 11) is 0. The van der Waals surface area contributed by atoms with E-state index in [-0.39, 0.29) is 0 Å². The van der Waals surface area contributed by atoms with Crippen LogP contribution in [0.3, 0.4) is 0 Å². The number of nitrogens with one attached hydrogen (secondary N) is 1. The summed E-state index contributed by atoms with van der Waals surface area (Å²) in [4.78, 5) is 2.53. The molecule has 1 N–H and O–H groups in total. The maximum Gasteiger partial charge on any atom is 0.0755 e. The third kappa shape index (κ3) is 1.69. The van der Waals surface area contributed by atoms with Crippen molar-refractivity contribution in [2.24, 2.45) is 0 Å².